The van der Waals surface area contributed by atoms with E-state index in [0.717, 1.165) is 0 Å². The zero-order valence-corrected chi connectivity index (χ0v) is 33.3. The highest BCUT2D eigenvalue weighted by Gasteiger charge is 2.40. The minimum atomic E-state index is -1.07. The van der Waals surface area contributed by atoms with E-state index in [-0.39, 0.29) is 73.1 Å². The van der Waals surface area contributed by atoms with Gasteiger partial charge in [0.15, 0.2) is 11.6 Å². The van der Waals surface area contributed by atoms with Crippen molar-refractivity contribution in [3.05, 3.63) is 79.2 Å². The summed E-state index contributed by atoms with van der Waals surface area (Å²) in [7, 11) is 0. The molecule has 0 atom stereocenters. The Labute approximate surface area is 324 Å². The van der Waals surface area contributed by atoms with Gasteiger partial charge < -0.3 is 19.1 Å². The van der Waals surface area contributed by atoms with Crippen LogP contribution >= 0.6 is 46.4 Å². The molecule has 10 nitrogen and oxygen atoms in total. The number of carbonyl (C=O) groups excluding carboxylic acids is 4. The number of allylic oxidation sites excluding steroid dienone is 4. The molecule has 0 unspecified atom stereocenters. The lowest BCUT2D eigenvalue weighted by Crippen LogP contribution is -2.31. The van der Waals surface area contributed by atoms with Crippen LogP contribution in [0.4, 0.5) is 0 Å². The standard InChI is InChI=1S/C38H44Cl4N2O8/c1-9-13-21(43-49-15-11-3)27-23(45)17-37(5,6)19-25(27)51-35(47)29-31(39)33(41)30(34(42)32(29)40)36(48)52-26-20-38(7,8)18-24(46)28(26)22(14-10-2)44-50-16-12-4/h11-12H,3-4,9-10,13-20H2,1-2,5-8H3. The zero-order valence-electron chi connectivity index (χ0n) is 30.3. The fraction of sp³-hybridized carbons (Fsp3) is 0.474. The summed E-state index contributed by atoms with van der Waals surface area (Å²) in [4.78, 5) is 65.2. The largest absolute Gasteiger partial charge is 0.427 e. The third kappa shape index (κ3) is 10.4. The van der Waals surface area contributed by atoms with Crippen molar-refractivity contribution in [1.82, 2.24) is 0 Å². The first-order valence-corrected chi connectivity index (χ1v) is 18.4. The minimum absolute atomic E-state index is 0.0502. The summed E-state index contributed by atoms with van der Waals surface area (Å²) < 4.78 is 11.7. The predicted octanol–water partition coefficient (Wildman–Crippen LogP) is 10.6. The van der Waals surface area contributed by atoms with E-state index in [1.165, 1.54) is 12.2 Å². The first-order chi connectivity index (χ1) is 24.4. The van der Waals surface area contributed by atoms with Gasteiger partial charge in [0, 0.05) is 25.7 Å². The molecule has 2 aliphatic carbocycles. The Balaban J connectivity index is 2.11. The van der Waals surface area contributed by atoms with Gasteiger partial charge in [-0.3, -0.25) is 9.59 Å². The summed E-state index contributed by atoms with van der Waals surface area (Å²) in [6, 6.07) is 0. The van der Waals surface area contributed by atoms with Gasteiger partial charge in [-0.1, -0.05) is 136 Å². The minimum Gasteiger partial charge on any atom is -0.427 e. The lowest BCUT2D eigenvalue weighted by Gasteiger charge is -2.32. The van der Waals surface area contributed by atoms with E-state index in [1.54, 1.807) is 0 Å². The Morgan fingerprint density at radius 1 is 0.654 bits per heavy atom. The lowest BCUT2D eigenvalue weighted by molar-refractivity contribution is -0.119. The molecule has 2 aliphatic rings. The molecule has 0 radical (unpaired) electrons. The number of carbonyl (C=O) groups is 4. The van der Waals surface area contributed by atoms with Crippen LogP contribution < -0.4 is 0 Å². The van der Waals surface area contributed by atoms with E-state index in [0.29, 0.717) is 37.1 Å². The van der Waals surface area contributed by atoms with Gasteiger partial charge in [-0.25, -0.2) is 9.59 Å². The average Bonchev–Trinajstić information content (AvgIpc) is 3.02. The Bertz CT molecular complexity index is 1620. The summed E-state index contributed by atoms with van der Waals surface area (Å²) in [5, 5.41) is 6.54. The molecule has 0 heterocycles. The molecule has 3 rings (SSSR count). The predicted molar refractivity (Wildman–Crippen MR) is 204 cm³/mol. The monoisotopic (exact) mass is 796 g/mol. The first kappa shape index (κ1) is 43.0. The van der Waals surface area contributed by atoms with E-state index in [4.69, 9.17) is 65.6 Å². The fourth-order valence-corrected chi connectivity index (χ4v) is 7.07. The average molecular weight is 799 g/mol. The van der Waals surface area contributed by atoms with Crippen LogP contribution in [0, 0.1) is 10.8 Å². The maximum absolute atomic E-state index is 13.8. The SMILES string of the molecule is C=CCON=C(CCC)C1=C(OC(=O)c2c(Cl)c(Cl)c(C(=O)OC3=C(C(CCC)=NOCC=C)C(=O)CC(C)(C)C3)c(Cl)c2Cl)CC(C)(C)CC1=O. The molecule has 0 bridgehead atoms. The summed E-state index contributed by atoms with van der Waals surface area (Å²) in [6.07, 6.45) is 5.74. The summed E-state index contributed by atoms with van der Waals surface area (Å²) in [5.41, 5.74) is -1.10. The van der Waals surface area contributed by atoms with Crippen LogP contribution in [0.2, 0.25) is 20.1 Å². The van der Waals surface area contributed by atoms with Gasteiger partial charge in [0.05, 0.1) is 42.7 Å². The second kappa shape index (κ2) is 18.5. The third-order valence-electron chi connectivity index (χ3n) is 8.06. The van der Waals surface area contributed by atoms with E-state index < -0.39 is 54.0 Å². The van der Waals surface area contributed by atoms with Gasteiger partial charge in [0.25, 0.3) is 0 Å². The Kier molecular flexibility index (Phi) is 15.3. The highest BCUT2D eigenvalue weighted by Crippen LogP contribution is 2.45. The van der Waals surface area contributed by atoms with E-state index in [9.17, 15) is 19.2 Å². The summed E-state index contributed by atoms with van der Waals surface area (Å²) >= 11 is 26.5. The molecule has 0 saturated carbocycles. The van der Waals surface area contributed by atoms with Crippen molar-refractivity contribution >= 4 is 81.3 Å². The van der Waals surface area contributed by atoms with Gasteiger partial charge >= 0.3 is 11.9 Å². The molecule has 52 heavy (non-hydrogen) atoms. The topological polar surface area (TPSA) is 130 Å². The number of ketones is 2. The number of benzene rings is 1. The second-order valence-electron chi connectivity index (χ2n) is 14.0. The molecule has 0 spiro atoms. The van der Waals surface area contributed by atoms with Crippen molar-refractivity contribution in [3.8, 4) is 0 Å². The van der Waals surface area contributed by atoms with Gasteiger partial charge in [-0.05, 0) is 23.7 Å². The molecule has 1 aromatic rings. The molecule has 0 aromatic heterocycles. The zero-order chi connectivity index (χ0) is 39.0. The van der Waals surface area contributed by atoms with Crippen molar-refractivity contribution in [2.45, 2.75) is 92.9 Å². The van der Waals surface area contributed by atoms with Crippen LogP contribution in [-0.2, 0) is 28.7 Å². The van der Waals surface area contributed by atoms with Crippen molar-refractivity contribution in [2.75, 3.05) is 13.2 Å². The summed E-state index contributed by atoms with van der Waals surface area (Å²) in [5.74, 6) is -2.59. The molecule has 0 amide bonds. The number of hydrogen-bond acceptors (Lipinski definition) is 10. The smallest absolute Gasteiger partial charge is 0.346 e. The number of Topliss-reactive ketones (excluding diaryl/α,β-unsaturated/α-hetero) is 2. The van der Waals surface area contributed by atoms with Crippen molar-refractivity contribution in [3.63, 3.8) is 0 Å². The number of oxime groups is 2. The Morgan fingerprint density at radius 3 is 1.27 bits per heavy atom. The van der Waals surface area contributed by atoms with Gasteiger partial charge in [0.1, 0.15) is 35.9 Å². The molecule has 0 N–H and O–H groups in total. The van der Waals surface area contributed by atoms with E-state index in [2.05, 4.69) is 23.5 Å². The van der Waals surface area contributed by atoms with Crippen LogP contribution in [0.25, 0.3) is 0 Å². The van der Waals surface area contributed by atoms with Gasteiger partial charge in [0.2, 0.25) is 0 Å². The number of esters is 2. The van der Waals surface area contributed by atoms with Crippen molar-refractivity contribution in [2.24, 2.45) is 21.1 Å². The molecule has 282 valence electrons. The summed E-state index contributed by atoms with van der Waals surface area (Å²) in [6.45, 7) is 18.7. The number of nitrogens with zero attached hydrogens (tertiary/aromatic N) is 2. The molecule has 14 heteroatoms. The highest BCUT2D eigenvalue weighted by atomic mass is 35.5. The maximum atomic E-state index is 13.8. The molecule has 1 aromatic carbocycles. The molecular weight excluding hydrogens is 754 g/mol. The Hall–Kier alpha value is -3.44. The molecular formula is C38H44Cl4N2O8. The Morgan fingerprint density at radius 2 is 0.981 bits per heavy atom. The highest BCUT2D eigenvalue weighted by molar-refractivity contribution is 6.52. The lowest BCUT2D eigenvalue weighted by atomic mass is 9.75. The van der Waals surface area contributed by atoms with Crippen LogP contribution in [0.1, 0.15) is 114 Å². The van der Waals surface area contributed by atoms with Crippen molar-refractivity contribution < 1.29 is 38.3 Å². The number of halogens is 4. The number of rotatable bonds is 16. The van der Waals surface area contributed by atoms with E-state index in [1.807, 2.05) is 41.5 Å². The van der Waals surface area contributed by atoms with Crippen LogP contribution in [0.3, 0.4) is 0 Å². The fourth-order valence-electron chi connectivity index (χ4n) is 5.90. The van der Waals surface area contributed by atoms with Gasteiger partial charge in [-0.2, -0.15) is 0 Å². The van der Waals surface area contributed by atoms with Crippen molar-refractivity contribution in [1.29, 1.82) is 0 Å². The number of ether oxygens (including phenoxy) is 2. The molecule has 0 fully saturated rings. The van der Waals surface area contributed by atoms with E-state index >= 15 is 0 Å². The normalized spacial score (nSPS) is 17.6. The second-order valence-corrected chi connectivity index (χ2v) is 15.5. The van der Waals surface area contributed by atoms with Crippen LogP contribution in [0.15, 0.2) is 58.3 Å². The van der Waals surface area contributed by atoms with Gasteiger partial charge in [-0.15, -0.1) is 0 Å². The quantitative estimate of drug-likeness (QED) is 0.0403. The molecule has 0 saturated heterocycles. The van der Waals surface area contributed by atoms with Crippen LogP contribution in [0.5, 0.6) is 0 Å². The number of hydrogen-bond donors (Lipinski definition) is 0. The maximum Gasteiger partial charge on any atom is 0.346 e. The first-order valence-electron chi connectivity index (χ1n) is 16.9. The molecule has 0 aliphatic heterocycles. The third-order valence-corrected chi connectivity index (χ3v) is 9.77. The van der Waals surface area contributed by atoms with Crippen LogP contribution in [-0.4, -0.2) is 48.1 Å².